The van der Waals surface area contributed by atoms with Gasteiger partial charge in [-0.15, -0.1) is 0 Å². The van der Waals surface area contributed by atoms with E-state index in [1.165, 1.54) is 11.1 Å². The maximum Gasteiger partial charge on any atom is 0.321 e. The number of nitrogens with one attached hydrogen (secondary N) is 1. The number of hydrogen-bond acceptors (Lipinski definition) is 3. The van der Waals surface area contributed by atoms with Gasteiger partial charge >= 0.3 is 6.03 Å². The molecule has 0 bridgehead atoms. The first-order chi connectivity index (χ1) is 12.6. The summed E-state index contributed by atoms with van der Waals surface area (Å²) in [5.74, 6) is 0.879. The van der Waals surface area contributed by atoms with Crippen LogP contribution in [0.2, 0.25) is 0 Å². The van der Waals surface area contributed by atoms with Crippen LogP contribution >= 0.6 is 0 Å². The highest BCUT2D eigenvalue weighted by Crippen LogP contribution is 2.30. The summed E-state index contributed by atoms with van der Waals surface area (Å²) in [6.45, 7) is 7.17. The zero-order valence-corrected chi connectivity index (χ0v) is 15.8. The molecule has 5 heteroatoms. The molecule has 0 aromatic heterocycles. The van der Waals surface area contributed by atoms with Gasteiger partial charge in [0, 0.05) is 31.9 Å². The van der Waals surface area contributed by atoms with E-state index in [9.17, 15) is 4.79 Å². The van der Waals surface area contributed by atoms with Crippen molar-refractivity contribution in [3.63, 3.8) is 0 Å². The number of amides is 2. The average molecular weight is 353 g/mol. The predicted molar refractivity (Wildman–Crippen MR) is 106 cm³/mol. The van der Waals surface area contributed by atoms with Crippen molar-refractivity contribution in [2.45, 2.75) is 20.3 Å². The first kappa shape index (κ1) is 18.1. The normalized spacial score (nSPS) is 14.3. The lowest BCUT2D eigenvalue weighted by Gasteiger charge is -2.36. The highest BCUT2D eigenvalue weighted by atomic mass is 16.5. The van der Waals surface area contributed by atoms with Crippen molar-refractivity contribution < 1.29 is 9.53 Å². The number of urea groups is 1. The molecule has 0 radical (unpaired) electrons. The Balaban J connectivity index is 1.59. The predicted octanol–water partition coefficient (Wildman–Crippen LogP) is 3.92. The Morgan fingerprint density at radius 2 is 1.77 bits per heavy atom. The molecule has 0 saturated carbocycles. The molecule has 1 N–H and O–H groups in total. The quantitative estimate of drug-likeness (QED) is 0.906. The lowest BCUT2D eigenvalue weighted by Crippen LogP contribution is -2.50. The van der Waals surface area contributed by atoms with E-state index >= 15 is 0 Å². The fourth-order valence-corrected chi connectivity index (χ4v) is 3.22. The fraction of sp³-hybridized carbons (Fsp3) is 0.381. The number of piperazine rings is 1. The van der Waals surface area contributed by atoms with Crippen molar-refractivity contribution in [1.82, 2.24) is 4.90 Å². The summed E-state index contributed by atoms with van der Waals surface area (Å²) in [5.41, 5.74) is 4.41. The van der Waals surface area contributed by atoms with Crippen LogP contribution in [-0.2, 0) is 6.42 Å². The second kappa shape index (κ2) is 8.13. The molecule has 1 saturated heterocycles. The summed E-state index contributed by atoms with van der Waals surface area (Å²) in [6, 6.07) is 14.2. The zero-order valence-electron chi connectivity index (χ0n) is 15.8. The summed E-state index contributed by atoms with van der Waals surface area (Å²) in [7, 11) is 1.70. The van der Waals surface area contributed by atoms with Gasteiger partial charge in [-0.2, -0.15) is 0 Å². The SMILES string of the molecule is CCc1ccc(NC(=O)N2CCN(c3cc(C)ccc3OC)CC2)cc1. The molecule has 0 atom stereocenters. The van der Waals surface area contributed by atoms with E-state index in [2.05, 4.69) is 48.3 Å². The minimum absolute atomic E-state index is 0.0369. The number of anilines is 2. The van der Waals surface area contributed by atoms with Crippen molar-refractivity contribution in [1.29, 1.82) is 0 Å². The minimum atomic E-state index is -0.0369. The third kappa shape index (κ3) is 4.10. The number of rotatable bonds is 4. The van der Waals surface area contributed by atoms with Gasteiger partial charge in [0.25, 0.3) is 0 Å². The van der Waals surface area contributed by atoms with E-state index in [-0.39, 0.29) is 6.03 Å². The number of carbonyl (C=O) groups excluding carboxylic acids is 1. The van der Waals surface area contributed by atoms with Crippen molar-refractivity contribution in [2.75, 3.05) is 43.5 Å². The monoisotopic (exact) mass is 353 g/mol. The summed E-state index contributed by atoms with van der Waals surface area (Å²) < 4.78 is 5.49. The smallest absolute Gasteiger partial charge is 0.321 e. The largest absolute Gasteiger partial charge is 0.495 e. The van der Waals surface area contributed by atoms with Gasteiger partial charge in [0.1, 0.15) is 5.75 Å². The van der Waals surface area contributed by atoms with Crippen LogP contribution in [0.3, 0.4) is 0 Å². The molecule has 1 heterocycles. The van der Waals surface area contributed by atoms with Crippen molar-refractivity contribution >= 4 is 17.4 Å². The first-order valence-corrected chi connectivity index (χ1v) is 9.15. The van der Waals surface area contributed by atoms with Gasteiger partial charge in [-0.1, -0.05) is 25.1 Å². The lowest BCUT2D eigenvalue weighted by molar-refractivity contribution is 0.208. The molecule has 5 nitrogen and oxygen atoms in total. The van der Waals surface area contributed by atoms with Gasteiger partial charge in [-0.05, 0) is 48.7 Å². The van der Waals surface area contributed by atoms with Crippen LogP contribution < -0.4 is 15.0 Å². The fourth-order valence-electron chi connectivity index (χ4n) is 3.22. The molecule has 1 aliphatic heterocycles. The third-order valence-corrected chi connectivity index (χ3v) is 4.86. The van der Waals surface area contributed by atoms with Crippen molar-refractivity contribution in [2.24, 2.45) is 0 Å². The van der Waals surface area contributed by atoms with E-state index in [1.54, 1.807) is 7.11 Å². The van der Waals surface area contributed by atoms with Crippen LogP contribution in [0, 0.1) is 6.92 Å². The Morgan fingerprint density at radius 1 is 1.08 bits per heavy atom. The van der Waals surface area contributed by atoms with E-state index in [1.807, 2.05) is 23.1 Å². The van der Waals surface area contributed by atoms with Gasteiger partial charge in [-0.25, -0.2) is 4.79 Å². The second-order valence-electron chi connectivity index (χ2n) is 6.63. The van der Waals surface area contributed by atoms with Gasteiger partial charge in [0.15, 0.2) is 0 Å². The number of benzene rings is 2. The Bertz CT molecular complexity index is 750. The summed E-state index contributed by atoms with van der Waals surface area (Å²) in [6.07, 6.45) is 0.999. The number of nitrogens with zero attached hydrogens (tertiary/aromatic N) is 2. The molecule has 138 valence electrons. The Hall–Kier alpha value is -2.69. The third-order valence-electron chi connectivity index (χ3n) is 4.86. The van der Waals surface area contributed by atoms with Crippen LogP contribution in [0.5, 0.6) is 5.75 Å². The van der Waals surface area contributed by atoms with Gasteiger partial charge in [-0.3, -0.25) is 0 Å². The van der Waals surface area contributed by atoms with Crippen LogP contribution in [0.4, 0.5) is 16.2 Å². The molecule has 3 rings (SSSR count). The molecular weight excluding hydrogens is 326 g/mol. The second-order valence-corrected chi connectivity index (χ2v) is 6.63. The van der Waals surface area contributed by atoms with Gasteiger partial charge < -0.3 is 19.9 Å². The summed E-state index contributed by atoms with van der Waals surface area (Å²) >= 11 is 0. The lowest BCUT2D eigenvalue weighted by atomic mass is 10.1. The highest BCUT2D eigenvalue weighted by Gasteiger charge is 2.23. The number of hydrogen-bond donors (Lipinski definition) is 1. The topological polar surface area (TPSA) is 44.8 Å². The molecule has 1 fully saturated rings. The molecule has 2 aromatic carbocycles. The molecule has 2 amide bonds. The molecule has 0 spiro atoms. The molecule has 26 heavy (non-hydrogen) atoms. The van der Waals surface area contributed by atoms with Crippen LogP contribution in [0.1, 0.15) is 18.1 Å². The van der Waals surface area contributed by atoms with E-state index in [0.717, 1.165) is 36.6 Å². The Morgan fingerprint density at radius 3 is 2.38 bits per heavy atom. The maximum atomic E-state index is 12.5. The molecular formula is C21H27N3O2. The minimum Gasteiger partial charge on any atom is -0.495 e. The number of carbonyl (C=O) groups is 1. The van der Waals surface area contributed by atoms with Crippen LogP contribution in [-0.4, -0.2) is 44.2 Å². The number of ether oxygens (including phenoxy) is 1. The summed E-state index contributed by atoms with van der Waals surface area (Å²) in [5, 5.41) is 2.99. The summed E-state index contributed by atoms with van der Waals surface area (Å²) in [4.78, 5) is 16.7. The van der Waals surface area contributed by atoms with Crippen LogP contribution in [0.25, 0.3) is 0 Å². The first-order valence-electron chi connectivity index (χ1n) is 9.15. The van der Waals surface area contributed by atoms with Gasteiger partial charge in [0.05, 0.1) is 12.8 Å². The zero-order chi connectivity index (χ0) is 18.5. The molecule has 0 aliphatic carbocycles. The molecule has 0 unspecified atom stereocenters. The van der Waals surface area contributed by atoms with Crippen LogP contribution in [0.15, 0.2) is 42.5 Å². The van der Waals surface area contributed by atoms with E-state index < -0.39 is 0 Å². The Labute approximate surface area is 155 Å². The molecule has 1 aliphatic rings. The van der Waals surface area contributed by atoms with Crippen molar-refractivity contribution in [3.05, 3.63) is 53.6 Å². The van der Waals surface area contributed by atoms with E-state index in [0.29, 0.717) is 13.1 Å². The van der Waals surface area contributed by atoms with E-state index in [4.69, 9.17) is 4.74 Å². The standard InChI is InChI=1S/C21H27N3O2/c1-4-17-6-8-18(9-7-17)22-21(25)24-13-11-23(12-14-24)19-15-16(2)5-10-20(19)26-3/h5-10,15H,4,11-14H2,1-3H3,(H,22,25). The average Bonchev–Trinajstić information content (AvgIpc) is 2.68. The number of aryl methyl sites for hydroxylation is 2. The Kier molecular flexibility index (Phi) is 5.66. The maximum absolute atomic E-state index is 12.5. The van der Waals surface area contributed by atoms with Gasteiger partial charge in [0.2, 0.25) is 0 Å². The number of methoxy groups -OCH3 is 1. The molecule has 2 aromatic rings. The highest BCUT2D eigenvalue weighted by molar-refractivity contribution is 5.89. The van der Waals surface area contributed by atoms with Crippen molar-refractivity contribution in [3.8, 4) is 5.75 Å².